The van der Waals surface area contributed by atoms with Crippen LogP contribution < -0.4 is 10.2 Å². The fraction of sp³-hybridized carbons (Fsp3) is 0.217. The van der Waals surface area contributed by atoms with E-state index >= 15 is 0 Å². The van der Waals surface area contributed by atoms with Crippen LogP contribution in [0.3, 0.4) is 0 Å². The second kappa shape index (κ2) is 12.4. The highest BCUT2D eigenvalue weighted by molar-refractivity contribution is 7.99. The monoisotopic (exact) mass is 510 g/mol. The first kappa shape index (κ1) is 26.2. The van der Waals surface area contributed by atoms with Crippen LogP contribution in [0.5, 0.6) is 5.88 Å². The first-order valence-electron chi connectivity index (χ1n) is 10.7. The van der Waals surface area contributed by atoms with Crippen LogP contribution in [0.1, 0.15) is 35.0 Å². The van der Waals surface area contributed by atoms with Crippen LogP contribution in [0.4, 0.5) is 11.4 Å². The Morgan fingerprint density at radius 3 is 2.42 bits per heavy atom. The molecule has 12 nitrogen and oxygen atoms in total. The Kier molecular flexibility index (Phi) is 9.00. The maximum atomic E-state index is 12.5. The summed E-state index contributed by atoms with van der Waals surface area (Å²) in [5, 5.41) is 26.8. The molecular formula is C23H22N6O6S. The number of nitro groups is 2. The van der Waals surface area contributed by atoms with Gasteiger partial charge in [-0.15, -0.1) is 0 Å². The number of aromatic nitrogens is 2. The summed E-state index contributed by atoms with van der Waals surface area (Å²) in [5.41, 5.74) is 3.48. The molecule has 3 rings (SSSR count). The normalized spacial score (nSPS) is 11.1. The topological polar surface area (TPSA) is 163 Å². The van der Waals surface area contributed by atoms with Crippen molar-refractivity contribution < 1.29 is 19.4 Å². The number of nitrogens with one attached hydrogen (secondary N) is 1. The van der Waals surface area contributed by atoms with Gasteiger partial charge in [0.2, 0.25) is 5.88 Å². The number of non-ortho nitro benzene ring substituents is 2. The number of amides is 1. The number of nitro benzene ring substituents is 2. The van der Waals surface area contributed by atoms with E-state index in [4.69, 9.17) is 4.74 Å². The molecule has 13 heteroatoms. The van der Waals surface area contributed by atoms with Crippen molar-refractivity contribution in [2.45, 2.75) is 25.4 Å². The molecule has 0 radical (unpaired) electrons. The van der Waals surface area contributed by atoms with Crippen LogP contribution in [0.2, 0.25) is 0 Å². The Morgan fingerprint density at radius 2 is 1.75 bits per heavy atom. The number of hydrogen-bond acceptors (Lipinski definition) is 10. The van der Waals surface area contributed by atoms with Crippen LogP contribution in [-0.2, 0) is 0 Å². The average molecular weight is 511 g/mol. The lowest BCUT2D eigenvalue weighted by Gasteiger charge is -2.11. The number of aryl methyl sites for hydroxylation is 1. The van der Waals surface area contributed by atoms with Crippen molar-refractivity contribution >= 4 is 34.8 Å². The Balaban J connectivity index is 1.84. The highest BCUT2D eigenvalue weighted by Gasteiger charge is 2.14. The summed E-state index contributed by atoms with van der Waals surface area (Å²) in [7, 11) is 0. The number of nitrogens with zero attached hydrogens (tertiary/aromatic N) is 5. The Labute approximate surface area is 210 Å². The summed E-state index contributed by atoms with van der Waals surface area (Å²) in [6, 6.07) is 12.4. The molecule has 0 bridgehead atoms. The molecule has 0 aliphatic heterocycles. The lowest BCUT2D eigenvalue weighted by atomic mass is 10.1. The quantitative estimate of drug-likeness (QED) is 0.130. The van der Waals surface area contributed by atoms with E-state index < -0.39 is 15.8 Å². The lowest BCUT2D eigenvalue weighted by molar-refractivity contribution is -0.385. The standard InChI is InChI=1S/C23H22N6O6S/c1-3-11-36-23-24-15(2)12-21(25-23)35-14-20(17-5-4-6-19(13-17)29(33)34)26-27-22(30)16-7-9-18(10-8-16)28(31)32/h4-10,12-13H,3,11,14H2,1-2H3,(H,27,30)/b26-20-. The van der Waals surface area contributed by atoms with Crippen molar-refractivity contribution in [3.63, 3.8) is 0 Å². The zero-order chi connectivity index (χ0) is 26.1. The van der Waals surface area contributed by atoms with Gasteiger partial charge in [-0.2, -0.15) is 10.1 Å². The molecule has 0 aliphatic carbocycles. The maximum absolute atomic E-state index is 12.5. The number of hydrogen-bond donors (Lipinski definition) is 1. The largest absolute Gasteiger partial charge is 0.471 e. The summed E-state index contributed by atoms with van der Waals surface area (Å²) in [6.45, 7) is 3.70. The van der Waals surface area contributed by atoms with Crippen molar-refractivity contribution in [1.82, 2.24) is 15.4 Å². The van der Waals surface area contributed by atoms with Gasteiger partial charge >= 0.3 is 0 Å². The molecule has 0 aliphatic rings. The van der Waals surface area contributed by atoms with Gasteiger partial charge in [0.15, 0.2) is 5.16 Å². The number of hydrazone groups is 1. The Hall–Kier alpha value is -4.39. The Bertz CT molecular complexity index is 1300. The second-order valence-corrected chi connectivity index (χ2v) is 8.44. The zero-order valence-electron chi connectivity index (χ0n) is 19.4. The lowest BCUT2D eigenvalue weighted by Crippen LogP contribution is -2.23. The van der Waals surface area contributed by atoms with Gasteiger partial charge in [0, 0.05) is 52.9 Å². The minimum Gasteiger partial charge on any atom is -0.471 e. The number of carbonyl (C=O) groups excluding carboxylic acids is 1. The highest BCUT2D eigenvalue weighted by atomic mass is 32.2. The molecule has 186 valence electrons. The van der Waals surface area contributed by atoms with Gasteiger partial charge in [0.05, 0.1) is 9.85 Å². The maximum Gasteiger partial charge on any atom is 0.271 e. The van der Waals surface area contributed by atoms with Gasteiger partial charge in [-0.3, -0.25) is 25.0 Å². The van der Waals surface area contributed by atoms with Gasteiger partial charge < -0.3 is 4.74 Å². The van der Waals surface area contributed by atoms with Crippen molar-refractivity contribution in [1.29, 1.82) is 0 Å². The van der Waals surface area contributed by atoms with Gasteiger partial charge in [0.25, 0.3) is 17.3 Å². The summed E-state index contributed by atoms with van der Waals surface area (Å²) in [5.74, 6) is 0.516. The van der Waals surface area contributed by atoms with E-state index in [1.807, 2.05) is 13.8 Å². The molecule has 0 spiro atoms. The fourth-order valence-corrected chi connectivity index (χ4v) is 3.63. The first-order valence-corrected chi connectivity index (χ1v) is 11.7. The van der Waals surface area contributed by atoms with E-state index in [0.29, 0.717) is 22.3 Å². The molecule has 1 heterocycles. The SMILES string of the molecule is CCCSc1nc(C)cc(OC/C(=N/NC(=O)c2ccc([N+](=O)[O-])cc2)c2cccc([N+](=O)[O-])c2)n1. The van der Waals surface area contributed by atoms with E-state index in [1.165, 1.54) is 54.2 Å². The minimum atomic E-state index is -0.621. The number of benzene rings is 2. The van der Waals surface area contributed by atoms with Crippen molar-refractivity contribution in [2.75, 3.05) is 12.4 Å². The van der Waals surface area contributed by atoms with E-state index in [9.17, 15) is 25.0 Å². The van der Waals surface area contributed by atoms with E-state index in [0.717, 1.165) is 12.2 Å². The highest BCUT2D eigenvalue weighted by Crippen LogP contribution is 2.20. The molecule has 3 aromatic rings. The molecule has 36 heavy (non-hydrogen) atoms. The summed E-state index contributed by atoms with van der Waals surface area (Å²) < 4.78 is 5.81. The van der Waals surface area contributed by atoms with Crippen LogP contribution in [0.25, 0.3) is 0 Å². The zero-order valence-corrected chi connectivity index (χ0v) is 20.2. The second-order valence-electron chi connectivity index (χ2n) is 7.38. The molecule has 0 fully saturated rings. The van der Waals surface area contributed by atoms with E-state index in [1.54, 1.807) is 12.1 Å². The molecule has 0 saturated carbocycles. The first-order chi connectivity index (χ1) is 17.3. The van der Waals surface area contributed by atoms with Gasteiger partial charge in [-0.25, -0.2) is 10.4 Å². The molecule has 0 unspecified atom stereocenters. The van der Waals surface area contributed by atoms with Crippen LogP contribution in [0.15, 0.2) is 64.9 Å². The summed E-state index contributed by atoms with van der Waals surface area (Å²) in [6.07, 6.45) is 0.955. The predicted octanol–water partition coefficient (Wildman–Crippen LogP) is 4.32. The smallest absolute Gasteiger partial charge is 0.271 e. The third-order valence-corrected chi connectivity index (χ3v) is 5.68. The third kappa shape index (κ3) is 7.30. The summed E-state index contributed by atoms with van der Waals surface area (Å²) in [4.78, 5) is 42.2. The number of carbonyl (C=O) groups is 1. The number of thioether (sulfide) groups is 1. The molecule has 1 amide bonds. The Morgan fingerprint density at radius 1 is 1.03 bits per heavy atom. The third-order valence-electron chi connectivity index (χ3n) is 4.63. The van der Waals surface area contributed by atoms with Gasteiger partial charge in [-0.05, 0) is 25.5 Å². The fourth-order valence-electron chi connectivity index (χ4n) is 2.88. The van der Waals surface area contributed by atoms with Crippen LogP contribution in [0, 0.1) is 27.2 Å². The molecule has 0 saturated heterocycles. The molecule has 1 aromatic heterocycles. The van der Waals surface area contributed by atoms with Crippen LogP contribution in [-0.4, -0.2) is 43.8 Å². The molecule has 0 atom stereocenters. The molecule has 1 N–H and O–H groups in total. The minimum absolute atomic E-state index is 0.146. The summed E-state index contributed by atoms with van der Waals surface area (Å²) >= 11 is 1.49. The van der Waals surface area contributed by atoms with Crippen molar-refractivity contribution in [2.24, 2.45) is 5.10 Å². The molecular weight excluding hydrogens is 488 g/mol. The average Bonchev–Trinajstić information content (AvgIpc) is 2.87. The number of rotatable bonds is 11. The molecule has 2 aromatic carbocycles. The van der Waals surface area contributed by atoms with Crippen molar-refractivity contribution in [3.8, 4) is 5.88 Å². The van der Waals surface area contributed by atoms with Crippen molar-refractivity contribution in [3.05, 3.63) is 91.6 Å². The number of ether oxygens (including phenoxy) is 1. The van der Waals surface area contributed by atoms with Crippen LogP contribution >= 0.6 is 11.8 Å². The predicted molar refractivity (Wildman–Crippen MR) is 133 cm³/mol. The van der Waals surface area contributed by atoms with E-state index in [2.05, 4.69) is 20.5 Å². The van der Waals surface area contributed by atoms with Gasteiger partial charge in [0.1, 0.15) is 12.3 Å². The van der Waals surface area contributed by atoms with E-state index in [-0.39, 0.29) is 29.3 Å². The van der Waals surface area contributed by atoms with Gasteiger partial charge in [-0.1, -0.05) is 30.8 Å².